The summed E-state index contributed by atoms with van der Waals surface area (Å²) in [5.74, 6) is 0. The highest BCUT2D eigenvalue weighted by Crippen LogP contribution is 1.84. The molecule has 0 fully saturated rings. The summed E-state index contributed by atoms with van der Waals surface area (Å²) in [6, 6.07) is 0. The van der Waals surface area contributed by atoms with Crippen LogP contribution in [0.3, 0.4) is 0 Å². The first kappa shape index (κ1) is 7.40. The molecule has 0 aromatic carbocycles. The van der Waals surface area contributed by atoms with Gasteiger partial charge in [-0.3, -0.25) is 9.18 Å². The zero-order chi connectivity index (χ0) is 6.24. The van der Waals surface area contributed by atoms with E-state index < -0.39 is 0 Å². The van der Waals surface area contributed by atoms with Crippen molar-refractivity contribution in [2.24, 2.45) is 0 Å². The summed E-state index contributed by atoms with van der Waals surface area (Å²) in [6.07, 6.45) is 1.90. The van der Waals surface area contributed by atoms with E-state index in [1.807, 2.05) is 0 Å². The largest absolute Gasteiger partial charge is 0.359 e. The summed E-state index contributed by atoms with van der Waals surface area (Å²) in [6.45, 7) is 0.300. The second-order valence-electron chi connectivity index (χ2n) is 1.47. The molecular weight excluding hydrogens is 109 g/mol. The van der Waals surface area contributed by atoms with Crippen molar-refractivity contribution in [3.8, 4) is 0 Å². The Labute approximate surface area is 48.1 Å². The molecule has 0 saturated heterocycles. The zero-order valence-corrected chi connectivity index (χ0v) is 4.69. The van der Waals surface area contributed by atoms with Crippen molar-refractivity contribution in [1.29, 1.82) is 0 Å². The lowest BCUT2D eigenvalue weighted by atomic mass is 10.3. The highest BCUT2D eigenvalue weighted by Gasteiger charge is 1.83. The molecule has 0 unspecified atom stereocenters. The van der Waals surface area contributed by atoms with E-state index in [0.717, 1.165) is 6.42 Å². The van der Waals surface area contributed by atoms with E-state index in [9.17, 15) is 9.18 Å². The van der Waals surface area contributed by atoms with Crippen molar-refractivity contribution < 1.29 is 9.18 Å². The summed E-state index contributed by atoms with van der Waals surface area (Å²) < 4.78 is 11.3. The Balaban J connectivity index is 2.62. The Bertz CT molecular complexity index is 58.4. The van der Waals surface area contributed by atoms with Gasteiger partial charge in [-0.25, -0.2) is 0 Å². The van der Waals surface area contributed by atoms with Gasteiger partial charge in [-0.1, -0.05) is 0 Å². The standard InChI is InChI=1S/C5H10FNO/c6-3-1-2-4-7-5-8/h5H,1-4H2,(H,7,8). The first-order valence-corrected chi connectivity index (χ1v) is 2.65. The molecule has 48 valence electrons. The lowest BCUT2D eigenvalue weighted by Gasteiger charge is -1.92. The average molecular weight is 119 g/mol. The van der Waals surface area contributed by atoms with Crippen LogP contribution in [0.15, 0.2) is 0 Å². The number of alkyl halides is 1. The molecule has 0 aliphatic heterocycles. The van der Waals surface area contributed by atoms with Crippen LogP contribution in [0, 0.1) is 0 Å². The number of carbonyl (C=O) groups excluding carboxylic acids is 1. The molecule has 0 spiro atoms. The predicted octanol–water partition coefficient (Wildman–Crippen LogP) is 0.482. The molecule has 0 atom stereocenters. The van der Waals surface area contributed by atoms with Gasteiger partial charge >= 0.3 is 0 Å². The number of rotatable bonds is 5. The molecule has 0 heterocycles. The molecule has 0 radical (unpaired) electrons. The molecule has 0 saturated carbocycles. The highest BCUT2D eigenvalue weighted by molar-refractivity contribution is 5.45. The maximum absolute atomic E-state index is 11.3. The Morgan fingerprint density at radius 2 is 2.25 bits per heavy atom. The third-order valence-corrected chi connectivity index (χ3v) is 0.788. The van der Waals surface area contributed by atoms with Gasteiger partial charge in [0.2, 0.25) is 6.41 Å². The molecule has 3 heteroatoms. The van der Waals surface area contributed by atoms with Crippen LogP contribution >= 0.6 is 0 Å². The Kier molecular flexibility index (Phi) is 5.92. The lowest BCUT2D eigenvalue weighted by Crippen LogP contribution is -2.11. The second kappa shape index (κ2) is 6.40. The number of nitrogens with one attached hydrogen (secondary N) is 1. The quantitative estimate of drug-likeness (QED) is 0.414. The summed E-state index contributed by atoms with van der Waals surface area (Å²) in [5, 5.41) is 2.44. The Morgan fingerprint density at radius 1 is 1.50 bits per heavy atom. The number of hydrogen-bond acceptors (Lipinski definition) is 1. The van der Waals surface area contributed by atoms with Gasteiger partial charge in [-0.05, 0) is 12.8 Å². The maximum atomic E-state index is 11.3. The van der Waals surface area contributed by atoms with Crippen molar-refractivity contribution in [3.05, 3.63) is 0 Å². The van der Waals surface area contributed by atoms with Crippen LogP contribution in [0.5, 0.6) is 0 Å². The summed E-state index contributed by atoms with van der Waals surface area (Å²) >= 11 is 0. The highest BCUT2D eigenvalue weighted by atomic mass is 19.1. The van der Waals surface area contributed by atoms with Gasteiger partial charge in [0, 0.05) is 6.54 Å². The molecule has 0 aliphatic rings. The SMILES string of the molecule is O=CNCCCCF. The van der Waals surface area contributed by atoms with Gasteiger partial charge in [0.05, 0.1) is 6.67 Å². The molecule has 1 N–H and O–H groups in total. The van der Waals surface area contributed by atoms with E-state index in [2.05, 4.69) is 5.32 Å². The van der Waals surface area contributed by atoms with Crippen molar-refractivity contribution >= 4 is 6.41 Å². The summed E-state index contributed by atoms with van der Waals surface area (Å²) in [4.78, 5) is 9.56. The molecule has 8 heavy (non-hydrogen) atoms. The number of carbonyl (C=O) groups is 1. The van der Waals surface area contributed by atoms with Crippen LogP contribution in [-0.2, 0) is 4.79 Å². The minimum atomic E-state index is -0.291. The summed E-state index contributed by atoms with van der Waals surface area (Å²) in [5.41, 5.74) is 0. The van der Waals surface area contributed by atoms with Gasteiger partial charge in [0.25, 0.3) is 0 Å². The zero-order valence-electron chi connectivity index (χ0n) is 4.69. The van der Waals surface area contributed by atoms with E-state index in [4.69, 9.17) is 0 Å². The van der Waals surface area contributed by atoms with Crippen molar-refractivity contribution in [3.63, 3.8) is 0 Å². The molecule has 2 nitrogen and oxygen atoms in total. The van der Waals surface area contributed by atoms with E-state index >= 15 is 0 Å². The van der Waals surface area contributed by atoms with Gasteiger partial charge in [0.15, 0.2) is 0 Å². The molecular formula is C5H10FNO. The molecule has 0 rings (SSSR count). The van der Waals surface area contributed by atoms with E-state index in [-0.39, 0.29) is 6.67 Å². The van der Waals surface area contributed by atoms with Crippen LogP contribution in [0.25, 0.3) is 0 Å². The Hall–Kier alpha value is -0.600. The minimum Gasteiger partial charge on any atom is -0.359 e. The first-order valence-electron chi connectivity index (χ1n) is 2.65. The number of halogens is 1. The number of hydrogen-bond donors (Lipinski definition) is 1. The topological polar surface area (TPSA) is 29.1 Å². The third kappa shape index (κ3) is 5.40. The maximum Gasteiger partial charge on any atom is 0.207 e. The molecule has 1 amide bonds. The fourth-order valence-corrected chi connectivity index (χ4v) is 0.380. The van der Waals surface area contributed by atoms with Crippen molar-refractivity contribution in [2.45, 2.75) is 12.8 Å². The average Bonchev–Trinajstić information content (AvgIpc) is 1.81. The molecule has 0 bridgehead atoms. The first-order chi connectivity index (χ1) is 3.91. The van der Waals surface area contributed by atoms with Crippen LogP contribution in [-0.4, -0.2) is 19.6 Å². The lowest BCUT2D eigenvalue weighted by molar-refractivity contribution is -0.109. The van der Waals surface area contributed by atoms with Crippen molar-refractivity contribution in [1.82, 2.24) is 5.32 Å². The third-order valence-electron chi connectivity index (χ3n) is 0.788. The van der Waals surface area contributed by atoms with Crippen LogP contribution in [0.4, 0.5) is 4.39 Å². The van der Waals surface area contributed by atoms with E-state index in [1.54, 1.807) is 0 Å². The second-order valence-corrected chi connectivity index (χ2v) is 1.47. The predicted molar refractivity (Wildman–Crippen MR) is 29.3 cm³/mol. The minimum absolute atomic E-state index is 0.291. The molecule has 0 aromatic heterocycles. The molecule has 0 aromatic rings. The van der Waals surface area contributed by atoms with E-state index in [0.29, 0.717) is 19.4 Å². The normalized spacial score (nSPS) is 8.62. The summed E-state index contributed by atoms with van der Waals surface area (Å²) in [7, 11) is 0. The van der Waals surface area contributed by atoms with Crippen LogP contribution in [0.2, 0.25) is 0 Å². The monoisotopic (exact) mass is 119 g/mol. The van der Waals surface area contributed by atoms with Crippen LogP contribution < -0.4 is 5.32 Å². The van der Waals surface area contributed by atoms with Gasteiger partial charge < -0.3 is 5.32 Å². The van der Waals surface area contributed by atoms with Gasteiger partial charge in [0.1, 0.15) is 0 Å². The van der Waals surface area contributed by atoms with Crippen molar-refractivity contribution in [2.75, 3.05) is 13.2 Å². The fourth-order valence-electron chi connectivity index (χ4n) is 0.380. The smallest absolute Gasteiger partial charge is 0.207 e. The molecule has 0 aliphatic carbocycles. The Morgan fingerprint density at radius 3 is 2.75 bits per heavy atom. The van der Waals surface area contributed by atoms with Gasteiger partial charge in [-0.15, -0.1) is 0 Å². The fraction of sp³-hybridized carbons (Fsp3) is 0.800. The number of unbranched alkanes of at least 4 members (excludes halogenated alkanes) is 1. The van der Waals surface area contributed by atoms with E-state index in [1.165, 1.54) is 0 Å². The van der Waals surface area contributed by atoms with Crippen LogP contribution in [0.1, 0.15) is 12.8 Å². The number of amides is 1. The van der Waals surface area contributed by atoms with Gasteiger partial charge in [-0.2, -0.15) is 0 Å².